The third-order valence-electron chi connectivity index (χ3n) is 7.48. The van der Waals surface area contributed by atoms with Gasteiger partial charge in [0.25, 0.3) is 0 Å². The number of nitrogens with zero attached hydrogens (tertiary/aromatic N) is 3. The molecule has 2 aromatic rings. The normalized spacial score (nSPS) is 21.3. The second-order valence-electron chi connectivity index (χ2n) is 9.99. The maximum atomic E-state index is 12.1. The van der Waals surface area contributed by atoms with Crippen molar-refractivity contribution in [3.05, 3.63) is 70.2 Å². The van der Waals surface area contributed by atoms with Crippen LogP contribution in [0.1, 0.15) is 80.9 Å². The third kappa shape index (κ3) is 5.17. The summed E-state index contributed by atoms with van der Waals surface area (Å²) in [6.07, 6.45) is 9.68. The van der Waals surface area contributed by atoms with Gasteiger partial charge < -0.3 is 9.47 Å². The maximum absolute atomic E-state index is 12.1. The number of aliphatic imine (C=N–C) groups is 2. The first kappa shape index (κ1) is 25.2. The zero-order valence-corrected chi connectivity index (χ0v) is 21.3. The van der Waals surface area contributed by atoms with Gasteiger partial charge >= 0.3 is 11.9 Å². The van der Waals surface area contributed by atoms with Gasteiger partial charge in [-0.1, -0.05) is 50.1 Å². The number of hydrogen-bond donors (Lipinski definition) is 0. The molecule has 37 heavy (non-hydrogen) atoms. The second kappa shape index (κ2) is 10.5. The summed E-state index contributed by atoms with van der Waals surface area (Å²) in [5, 5.41) is 9.43. The Hall–Kier alpha value is -3.50. The van der Waals surface area contributed by atoms with Crippen LogP contribution in [0.3, 0.4) is 0 Å². The van der Waals surface area contributed by atoms with Crippen molar-refractivity contribution in [2.75, 3.05) is 0 Å². The highest BCUT2D eigenvalue weighted by atomic mass is 35.5. The molecule has 0 bridgehead atoms. The lowest BCUT2D eigenvalue weighted by Gasteiger charge is -2.25. The molecule has 2 aliphatic heterocycles. The minimum atomic E-state index is -0.637. The van der Waals surface area contributed by atoms with Crippen molar-refractivity contribution in [3.63, 3.8) is 0 Å². The van der Waals surface area contributed by atoms with Crippen LogP contribution in [0.25, 0.3) is 0 Å². The molecule has 2 aromatic carbocycles. The molecule has 0 atom stereocenters. The topological polar surface area (TPSA) is 101 Å². The van der Waals surface area contributed by atoms with Gasteiger partial charge in [0, 0.05) is 16.1 Å². The zero-order valence-electron chi connectivity index (χ0n) is 20.5. The van der Waals surface area contributed by atoms with Crippen molar-refractivity contribution in [3.8, 4) is 6.07 Å². The average Bonchev–Trinajstić information content (AvgIpc) is 3.41. The van der Waals surface area contributed by atoms with Gasteiger partial charge in [-0.25, -0.2) is 19.6 Å². The minimum Gasteiger partial charge on any atom is -0.405 e. The highest BCUT2D eigenvalue weighted by Gasteiger charge is 2.47. The number of benzene rings is 2. The van der Waals surface area contributed by atoms with Crippen LogP contribution in [-0.4, -0.2) is 34.8 Å². The maximum Gasteiger partial charge on any atom is 0.340 e. The van der Waals surface area contributed by atoms with Crippen LogP contribution in [0.15, 0.2) is 58.5 Å². The monoisotopic (exact) mass is 517 g/mol. The molecular formula is C29H28ClN3O4. The highest BCUT2D eigenvalue weighted by Crippen LogP contribution is 2.38. The van der Waals surface area contributed by atoms with E-state index in [2.05, 4.69) is 16.1 Å². The molecule has 6 rings (SSSR count). The Labute approximate surface area is 221 Å². The first-order valence-corrected chi connectivity index (χ1v) is 13.2. The smallest absolute Gasteiger partial charge is 0.340 e. The summed E-state index contributed by atoms with van der Waals surface area (Å²) in [6, 6.07) is 16.2. The van der Waals surface area contributed by atoms with Crippen molar-refractivity contribution in [1.82, 2.24) is 0 Å². The summed E-state index contributed by atoms with van der Waals surface area (Å²) in [6.45, 7) is 0. The number of halogens is 1. The summed E-state index contributed by atoms with van der Waals surface area (Å²) >= 11 is 5.84. The highest BCUT2D eigenvalue weighted by molar-refractivity contribution is 6.30. The van der Waals surface area contributed by atoms with Crippen LogP contribution in [0.4, 0.5) is 0 Å². The molecular weight excluding hydrogens is 490 g/mol. The lowest BCUT2D eigenvalue weighted by molar-refractivity contribution is -0.140. The van der Waals surface area contributed by atoms with Gasteiger partial charge in [-0.2, -0.15) is 5.26 Å². The molecule has 0 amide bonds. The molecule has 190 valence electrons. The van der Waals surface area contributed by atoms with Crippen LogP contribution < -0.4 is 0 Å². The van der Waals surface area contributed by atoms with Gasteiger partial charge in [0.05, 0.1) is 11.6 Å². The Morgan fingerprint density at radius 2 is 1.08 bits per heavy atom. The molecule has 7 nitrogen and oxygen atoms in total. The van der Waals surface area contributed by atoms with Crippen LogP contribution in [0, 0.1) is 11.3 Å². The summed E-state index contributed by atoms with van der Waals surface area (Å²) in [7, 11) is 0. The van der Waals surface area contributed by atoms with E-state index in [1.807, 2.05) is 12.1 Å². The number of nitriles is 1. The molecule has 0 saturated heterocycles. The lowest BCUT2D eigenvalue weighted by atomic mass is 9.83. The predicted octanol–water partition coefficient (Wildman–Crippen LogP) is 5.91. The molecule has 2 saturated carbocycles. The van der Waals surface area contributed by atoms with E-state index in [1.165, 1.54) is 6.42 Å². The molecule has 8 heteroatoms. The van der Waals surface area contributed by atoms with Crippen LogP contribution in [0.5, 0.6) is 0 Å². The molecule has 0 radical (unpaired) electrons. The molecule has 2 heterocycles. The van der Waals surface area contributed by atoms with E-state index < -0.39 is 11.1 Å². The number of cyclic esters (lactones) is 2. The van der Waals surface area contributed by atoms with Gasteiger partial charge in [-0.3, -0.25) is 0 Å². The summed E-state index contributed by atoms with van der Waals surface area (Å²) in [5.74, 6) is 0.439. The Balaban J connectivity index is 0.000000152. The number of hydrogen-bond acceptors (Lipinski definition) is 7. The number of carbonyl (C=O) groups excluding carboxylic acids is 2. The van der Waals surface area contributed by atoms with E-state index in [0.717, 1.165) is 68.9 Å². The predicted molar refractivity (Wildman–Crippen MR) is 139 cm³/mol. The number of ether oxygens (including phenoxy) is 2. The van der Waals surface area contributed by atoms with Crippen molar-refractivity contribution < 1.29 is 19.1 Å². The molecule has 2 fully saturated rings. The first-order chi connectivity index (χ1) is 17.9. The Morgan fingerprint density at radius 1 is 0.676 bits per heavy atom. The van der Waals surface area contributed by atoms with E-state index in [4.69, 9.17) is 26.3 Å². The fraction of sp³-hybridized carbons (Fsp3) is 0.414. The molecule has 0 aromatic heterocycles. The quantitative estimate of drug-likeness (QED) is 0.461. The molecule has 2 aliphatic carbocycles. The first-order valence-electron chi connectivity index (χ1n) is 12.8. The summed E-state index contributed by atoms with van der Waals surface area (Å²) in [5.41, 5.74) is 0.917. The van der Waals surface area contributed by atoms with E-state index in [1.54, 1.807) is 36.4 Å². The SMILES string of the molecule is N#Cc1ccc(C2=NC3(CCCCC3)C(=O)O2)cc1.O=C1OC(c2ccc(Cl)cc2)=NC12CCCCC2. The standard InChI is InChI=1S/C15H14N2O2.C14H14ClNO2/c16-10-11-4-6-12(7-5-11)13-17-15(14(18)19-13)8-2-1-3-9-15;15-11-6-4-10(5-7-11)12-16-14(13(17)18-12)8-2-1-3-9-14/h4-7H,1-3,8-9H2;4-7H,1-3,8-9H2. The van der Waals surface area contributed by atoms with E-state index in [9.17, 15) is 9.59 Å². The fourth-order valence-corrected chi connectivity index (χ4v) is 5.45. The van der Waals surface area contributed by atoms with Crippen molar-refractivity contribution in [2.45, 2.75) is 75.3 Å². The largest absolute Gasteiger partial charge is 0.405 e. The molecule has 2 spiro atoms. The van der Waals surface area contributed by atoms with Gasteiger partial charge in [0.1, 0.15) is 0 Å². The zero-order chi connectivity index (χ0) is 25.9. The minimum absolute atomic E-state index is 0.188. The van der Waals surface area contributed by atoms with Crippen LogP contribution >= 0.6 is 11.6 Å². The lowest BCUT2D eigenvalue weighted by Crippen LogP contribution is -2.35. The van der Waals surface area contributed by atoms with E-state index in [-0.39, 0.29) is 11.9 Å². The fourth-order valence-electron chi connectivity index (χ4n) is 5.32. The van der Waals surface area contributed by atoms with Crippen molar-refractivity contribution in [1.29, 1.82) is 5.26 Å². The van der Waals surface area contributed by atoms with Gasteiger partial charge in [0.2, 0.25) is 11.8 Å². The van der Waals surface area contributed by atoms with Crippen molar-refractivity contribution in [2.24, 2.45) is 9.98 Å². The van der Waals surface area contributed by atoms with E-state index >= 15 is 0 Å². The van der Waals surface area contributed by atoms with Crippen LogP contribution in [-0.2, 0) is 19.1 Å². The average molecular weight is 518 g/mol. The number of esters is 2. The summed E-state index contributed by atoms with van der Waals surface area (Å²) < 4.78 is 10.7. The van der Waals surface area contributed by atoms with Gasteiger partial charge in [0.15, 0.2) is 11.1 Å². The number of carbonyl (C=O) groups is 2. The van der Waals surface area contributed by atoms with Crippen LogP contribution in [0.2, 0.25) is 5.02 Å². The Morgan fingerprint density at radius 3 is 1.49 bits per heavy atom. The van der Waals surface area contributed by atoms with Crippen molar-refractivity contribution >= 4 is 35.3 Å². The van der Waals surface area contributed by atoms with Gasteiger partial charge in [-0.15, -0.1) is 0 Å². The summed E-state index contributed by atoms with van der Waals surface area (Å²) in [4.78, 5) is 33.2. The van der Waals surface area contributed by atoms with Gasteiger partial charge in [-0.05, 0) is 74.2 Å². The molecule has 0 N–H and O–H groups in total. The Kier molecular flexibility index (Phi) is 7.12. The second-order valence-corrected chi connectivity index (χ2v) is 10.4. The molecule has 4 aliphatic rings. The third-order valence-corrected chi connectivity index (χ3v) is 7.74. The number of rotatable bonds is 2. The molecule has 0 unspecified atom stereocenters. The Bertz CT molecular complexity index is 1280. The van der Waals surface area contributed by atoms with E-state index in [0.29, 0.717) is 22.4 Å².